The molecule has 174 valence electrons. The maximum absolute atomic E-state index is 15.5. The summed E-state index contributed by atoms with van der Waals surface area (Å²) in [6.45, 7) is 0. The summed E-state index contributed by atoms with van der Waals surface area (Å²) in [6, 6.07) is 7.39. The van der Waals surface area contributed by atoms with Gasteiger partial charge in [-0.15, -0.1) is 21.5 Å². The fourth-order valence-corrected chi connectivity index (χ4v) is 6.42. The second-order valence-corrected chi connectivity index (χ2v) is 10.7. The topological polar surface area (TPSA) is 98.8 Å². The largest absolute Gasteiger partial charge is 0.507 e. The van der Waals surface area contributed by atoms with Gasteiger partial charge in [-0.05, 0) is 61.6 Å². The number of nitrogens with zero attached hydrogens (tertiary/aromatic N) is 6. The molecule has 2 aromatic heterocycles. The first kappa shape index (κ1) is 21.4. The molecule has 6 rings (SSSR count). The van der Waals surface area contributed by atoms with Crippen molar-refractivity contribution < 1.29 is 9.50 Å². The van der Waals surface area contributed by atoms with E-state index < -0.39 is 6.17 Å². The molecule has 1 N–H and O–H groups in total. The number of phenols is 1. The minimum atomic E-state index is -0.830. The Morgan fingerprint density at radius 2 is 1.97 bits per heavy atom. The molecule has 4 atom stereocenters. The van der Waals surface area contributed by atoms with E-state index in [-0.39, 0.29) is 17.7 Å². The van der Waals surface area contributed by atoms with Crippen molar-refractivity contribution in [3.63, 3.8) is 0 Å². The quantitative estimate of drug-likeness (QED) is 0.545. The van der Waals surface area contributed by atoms with E-state index in [2.05, 4.69) is 25.1 Å². The molecule has 9 heteroatoms. The number of aromatic hydroxyl groups is 1. The highest BCUT2D eigenvalue weighted by Crippen LogP contribution is 2.46. The van der Waals surface area contributed by atoms with Crippen molar-refractivity contribution in [2.75, 3.05) is 4.90 Å². The second kappa shape index (κ2) is 8.58. The monoisotopic (exact) mass is 476 g/mol. The number of anilines is 1. The molecule has 3 fully saturated rings. The number of halogens is 1. The van der Waals surface area contributed by atoms with E-state index in [0.29, 0.717) is 34.2 Å². The second-order valence-electron chi connectivity index (χ2n) is 9.69. The van der Waals surface area contributed by atoms with Gasteiger partial charge in [-0.25, -0.2) is 14.4 Å². The van der Waals surface area contributed by atoms with Crippen LogP contribution in [-0.4, -0.2) is 43.5 Å². The van der Waals surface area contributed by atoms with Gasteiger partial charge in [0.1, 0.15) is 18.0 Å². The molecule has 3 saturated carbocycles. The first-order chi connectivity index (χ1) is 16.6. The van der Waals surface area contributed by atoms with Crippen LogP contribution in [0.4, 0.5) is 10.2 Å². The standard InChI is InChI=1S/C25H25FN6OS/c26-24-16-3-1-2-14(8-16)9-19(24)32(17-5-6-17)22-13-29-25(31-30-22)18-7-4-15(10-20(18)33)21-12-28-23(11-27)34-21/h4,7,10,12-14,16-17,19,24,33H,1-3,5-6,8-9H2/t14-,16+,19+,24-/m1/s1. The number of alkyl halides is 1. The van der Waals surface area contributed by atoms with Gasteiger partial charge in [0.15, 0.2) is 16.6 Å². The first-order valence-corrected chi connectivity index (χ1v) is 12.7. The Kier molecular flexibility index (Phi) is 5.41. The highest BCUT2D eigenvalue weighted by molar-refractivity contribution is 7.15. The lowest BCUT2D eigenvalue weighted by atomic mass is 9.69. The normalized spacial score (nSPS) is 26.1. The van der Waals surface area contributed by atoms with Gasteiger partial charge < -0.3 is 10.0 Å². The van der Waals surface area contributed by atoms with Gasteiger partial charge in [-0.3, -0.25) is 0 Å². The Morgan fingerprint density at radius 1 is 1.09 bits per heavy atom. The zero-order chi connectivity index (χ0) is 23.2. The Balaban J connectivity index is 1.25. The summed E-state index contributed by atoms with van der Waals surface area (Å²) < 4.78 is 15.5. The number of fused-ring (bicyclic) bond motifs is 2. The SMILES string of the molecule is N#Cc1ncc(-c2ccc(-c3ncc(N(C4CC4)[C@H]4C[C@@H]5CCC[C@@H](C5)[C@H]4F)nn3)c(O)c2)s1. The number of hydrogen-bond acceptors (Lipinski definition) is 8. The number of thiazole rings is 1. The fourth-order valence-electron chi connectivity index (χ4n) is 5.71. The van der Waals surface area contributed by atoms with Crippen LogP contribution in [0.15, 0.2) is 30.6 Å². The zero-order valence-electron chi connectivity index (χ0n) is 18.6. The zero-order valence-corrected chi connectivity index (χ0v) is 19.5. The van der Waals surface area contributed by atoms with Gasteiger partial charge >= 0.3 is 0 Å². The van der Waals surface area contributed by atoms with Crippen molar-refractivity contribution in [1.82, 2.24) is 20.2 Å². The predicted octanol–water partition coefficient (Wildman–Crippen LogP) is 5.12. The van der Waals surface area contributed by atoms with Crippen LogP contribution in [0.5, 0.6) is 5.75 Å². The lowest BCUT2D eigenvalue weighted by Crippen LogP contribution is -2.52. The molecule has 0 radical (unpaired) electrons. The lowest BCUT2D eigenvalue weighted by molar-refractivity contribution is 0.0631. The van der Waals surface area contributed by atoms with Crippen LogP contribution in [0.2, 0.25) is 0 Å². The highest BCUT2D eigenvalue weighted by Gasteiger charge is 2.46. The number of rotatable bonds is 5. The van der Waals surface area contributed by atoms with Gasteiger partial charge in [0.2, 0.25) is 0 Å². The van der Waals surface area contributed by atoms with Crippen molar-refractivity contribution in [2.45, 2.75) is 63.2 Å². The van der Waals surface area contributed by atoms with Gasteiger partial charge in [0.05, 0.1) is 22.7 Å². The molecular weight excluding hydrogens is 451 g/mol. The summed E-state index contributed by atoms with van der Waals surface area (Å²) in [5.41, 5.74) is 1.24. The van der Waals surface area contributed by atoms with Crippen LogP contribution < -0.4 is 4.90 Å². The van der Waals surface area contributed by atoms with E-state index in [9.17, 15) is 5.11 Å². The molecule has 0 spiro atoms. The smallest absolute Gasteiger partial charge is 0.194 e. The number of hydrogen-bond donors (Lipinski definition) is 1. The Labute approximate surface area is 201 Å². The third-order valence-corrected chi connectivity index (χ3v) is 8.40. The van der Waals surface area contributed by atoms with Crippen molar-refractivity contribution in [3.05, 3.63) is 35.6 Å². The third kappa shape index (κ3) is 3.90. The van der Waals surface area contributed by atoms with Crippen molar-refractivity contribution in [3.8, 4) is 33.6 Å². The molecule has 34 heavy (non-hydrogen) atoms. The minimum Gasteiger partial charge on any atom is -0.507 e. The summed E-state index contributed by atoms with van der Waals surface area (Å²) in [7, 11) is 0. The average molecular weight is 477 g/mol. The molecule has 3 aliphatic rings. The number of phenolic OH excluding ortho intramolecular Hbond substituents is 1. The summed E-state index contributed by atoms with van der Waals surface area (Å²) in [6.07, 6.45) is 9.81. The molecule has 0 saturated heterocycles. The van der Waals surface area contributed by atoms with E-state index in [1.165, 1.54) is 17.8 Å². The van der Waals surface area contributed by atoms with Crippen LogP contribution in [0.25, 0.3) is 21.8 Å². The van der Waals surface area contributed by atoms with E-state index in [1.807, 2.05) is 12.1 Å². The maximum atomic E-state index is 15.5. The molecular formula is C25H25FN6OS. The maximum Gasteiger partial charge on any atom is 0.194 e. The first-order valence-electron chi connectivity index (χ1n) is 11.9. The molecule has 2 bridgehead atoms. The summed E-state index contributed by atoms with van der Waals surface area (Å²) in [5, 5.41) is 28.8. The molecule has 1 aromatic carbocycles. The van der Waals surface area contributed by atoms with E-state index in [1.54, 1.807) is 24.5 Å². The molecule has 3 aromatic rings. The molecule has 0 unspecified atom stereocenters. The van der Waals surface area contributed by atoms with Crippen LogP contribution >= 0.6 is 11.3 Å². The van der Waals surface area contributed by atoms with Gasteiger partial charge in [-0.1, -0.05) is 18.9 Å². The van der Waals surface area contributed by atoms with Crippen molar-refractivity contribution >= 4 is 17.2 Å². The van der Waals surface area contributed by atoms with Gasteiger partial charge in [-0.2, -0.15) is 5.26 Å². The number of nitriles is 1. The number of benzene rings is 1. The van der Waals surface area contributed by atoms with Crippen molar-refractivity contribution in [1.29, 1.82) is 5.26 Å². The fraction of sp³-hybridized carbons (Fsp3) is 0.480. The molecule has 0 aliphatic heterocycles. The predicted molar refractivity (Wildman–Crippen MR) is 127 cm³/mol. The molecule has 7 nitrogen and oxygen atoms in total. The summed E-state index contributed by atoms with van der Waals surface area (Å²) in [4.78, 5) is 11.5. The van der Waals surface area contributed by atoms with Gasteiger partial charge in [0.25, 0.3) is 0 Å². The van der Waals surface area contributed by atoms with E-state index >= 15 is 4.39 Å². The highest BCUT2D eigenvalue weighted by atomic mass is 32.1. The Morgan fingerprint density at radius 3 is 2.68 bits per heavy atom. The van der Waals surface area contributed by atoms with E-state index in [0.717, 1.165) is 49.0 Å². The number of aromatic nitrogens is 4. The molecule has 3 aliphatic carbocycles. The summed E-state index contributed by atoms with van der Waals surface area (Å²) >= 11 is 1.27. The Hall–Kier alpha value is -3.12. The molecule has 0 amide bonds. The lowest BCUT2D eigenvalue weighted by Gasteiger charge is -2.46. The van der Waals surface area contributed by atoms with Crippen molar-refractivity contribution in [2.24, 2.45) is 11.8 Å². The third-order valence-electron chi connectivity index (χ3n) is 7.45. The minimum absolute atomic E-state index is 0.0296. The van der Waals surface area contributed by atoms with Crippen LogP contribution in [0.3, 0.4) is 0 Å². The average Bonchev–Trinajstić information content (AvgIpc) is 3.57. The van der Waals surface area contributed by atoms with Crippen LogP contribution in [0, 0.1) is 23.2 Å². The Bertz CT molecular complexity index is 1240. The molecule has 2 heterocycles. The van der Waals surface area contributed by atoms with Crippen LogP contribution in [0.1, 0.15) is 50.0 Å². The van der Waals surface area contributed by atoms with E-state index in [4.69, 9.17) is 5.26 Å². The van der Waals surface area contributed by atoms with Crippen LogP contribution in [-0.2, 0) is 0 Å². The van der Waals surface area contributed by atoms with Gasteiger partial charge in [0, 0.05) is 12.2 Å². The summed E-state index contributed by atoms with van der Waals surface area (Å²) in [5.74, 6) is 1.75.